The molecule has 0 saturated heterocycles. The molecule has 31 heavy (non-hydrogen) atoms. The van der Waals surface area contributed by atoms with E-state index in [1.54, 1.807) is 42.5 Å². The Morgan fingerprint density at radius 3 is 2.42 bits per heavy atom. The van der Waals surface area contributed by atoms with Crippen molar-refractivity contribution in [2.75, 3.05) is 30.4 Å². The summed E-state index contributed by atoms with van der Waals surface area (Å²) in [6.07, 6.45) is 2.73. The maximum atomic E-state index is 13.3. The number of nitrogens with one attached hydrogen (secondary N) is 1. The molecular weight excluding hydrogens is 418 g/mol. The number of benzene rings is 2. The Balaban J connectivity index is 1.92. The molecule has 0 aliphatic rings. The highest BCUT2D eigenvalue weighted by Crippen LogP contribution is 2.29. The summed E-state index contributed by atoms with van der Waals surface area (Å²) in [7, 11) is -1.03. The first-order valence-corrected chi connectivity index (χ1v) is 10.8. The molecule has 8 nitrogen and oxygen atoms in total. The van der Waals surface area contributed by atoms with E-state index in [-0.39, 0.29) is 4.90 Å². The van der Waals surface area contributed by atoms with Crippen LogP contribution in [-0.2, 0) is 14.8 Å². The van der Waals surface area contributed by atoms with Gasteiger partial charge in [0.25, 0.3) is 10.0 Å². The van der Waals surface area contributed by atoms with Crippen molar-refractivity contribution in [2.45, 2.75) is 11.8 Å². The maximum absolute atomic E-state index is 13.3. The monoisotopic (exact) mass is 441 g/mol. The number of carbonyl (C=O) groups excluding carboxylic acids is 1. The molecule has 0 fully saturated rings. The van der Waals surface area contributed by atoms with Gasteiger partial charge < -0.3 is 14.8 Å². The van der Waals surface area contributed by atoms with Crippen LogP contribution in [0.3, 0.4) is 0 Å². The predicted molar refractivity (Wildman–Crippen MR) is 118 cm³/mol. The van der Waals surface area contributed by atoms with Crippen molar-refractivity contribution in [3.8, 4) is 11.5 Å². The number of hydrogen-bond donors (Lipinski definition) is 1. The Labute approximate surface area is 181 Å². The zero-order chi connectivity index (χ0) is 22.4. The van der Waals surface area contributed by atoms with Crippen molar-refractivity contribution in [1.29, 1.82) is 0 Å². The Bertz CT molecular complexity index is 1150. The zero-order valence-corrected chi connectivity index (χ0v) is 18.2. The number of carbonyl (C=O) groups is 1. The average molecular weight is 442 g/mol. The minimum Gasteiger partial charge on any atom is -0.497 e. The van der Waals surface area contributed by atoms with Gasteiger partial charge in [-0.15, -0.1) is 0 Å². The van der Waals surface area contributed by atoms with E-state index in [4.69, 9.17) is 9.47 Å². The van der Waals surface area contributed by atoms with Gasteiger partial charge in [-0.05, 0) is 43.3 Å². The molecule has 0 unspecified atom stereocenters. The Kier molecular flexibility index (Phi) is 6.76. The topological polar surface area (TPSA) is 97.8 Å². The first kappa shape index (κ1) is 22.1. The lowest BCUT2D eigenvalue weighted by molar-refractivity contribution is -0.114. The summed E-state index contributed by atoms with van der Waals surface area (Å²) in [5.41, 5.74) is 1.73. The highest BCUT2D eigenvalue weighted by atomic mass is 32.2. The molecule has 2 aromatic carbocycles. The number of aromatic nitrogens is 1. The molecule has 162 valence electrons. The molecule has 0 bridgehead atoms. The largest absolute Gasteiger partial charge is 0.497 e. The number of ether oxygens (including phenoxy) is 2. The third-order valence-corrected chi connectivity index (χ3v) is 6.27. The Morgan fingerprint density at radius 2 is 1.81 bits per heavy atom. The van der Waals surface area contributed by atoms with E-state index in [0.717, 1.165) is 9.87 Å². The zero-order valence-electron chi connectivity index (χ0n) is 17.4. The van der Waals surface area contributed by atoms with Crippen LogP contribution in [0, 0.1) is 6.92 Å². The van der Waals surface area contributed by atoms with Gasteiger partial charge in [0.05, 0.1) is 25.6 Å². The van der Waals surface area contributed by atoms with E-state index in [1.165, 1.54) is 38.7 Å². The van der Waals surface area contributed by atoms with Gasteiger partial charge in [-0.1, -0.05) is 17.7 Å². The van der Waals surface area contributed by atoms with Crippen LogP contribution in [-0.4, -0.2) is 40.1 Å². The van der Waals surface area contributed by atoms with Crippen molar-refractivity contribution in [3.05, 3.63) is 72.6 Å². The standard InChI is InChI=1S/C22H23N3O5S/c1-16-6-8-17(9-7-16)25(31(27,28)19-5-4-12-23-14-19)15-22(26)24-20-11-10-18(29-2)13-21(20)30-3/h4-14H,15H2,1-3H3,(H,24,26). The molecule has 0 atom stereocenters. The summed E-state index contributed by atoms with van der Waals surface area (Å²) in [4.78, 5) is 16.7. The minimum absolute atomic E-state index is 0.00889. The van der Waals surface area contributed by atoms with Crippen LogP contribution in [0.4, 0.5) is 11.4 Å². The highest BCUT2D eigenvalue weighted by molar-refractivity contribution is 7.92. The lowest BCUT2D eigenvalue weighted by Crippen LogP contribution is -2.38. The van der Waals surface area contributed by atoms with Gasteiger partial charge in [0.1, 0.15) is 22.9 Å². The van der Waals surface area contributed by atoms with Crippen molar-refractivity contribution < 1.29 is 22.7 Å². The summed E-state index contributed by atoms with van der Waals surface area (Å²) in [5.74, 6) is 0.427. The van der Waals surface area contributed by atoms with E-state index >= 15 is 0 Å². The fourth-order valence-electron chi connectivity index (χ4n) is 2.87. The van der Waals surface area contributed by atoms with Gasteiger partial charge in [0.15, 0.2) is 0 Å². The van der Waals surface area contributed by atoms with E-state index < -0.39 is 22.5 Å². The van der Waals surface area contributed by atoms with Gasteiger partial charge >= 0.3 is 0 Å². The van der Waals surface area contributed by atoms with Gasteiger partial charge in [-0.2, -0.15) is 0 Å². The molecule has 0 radical (unpaired) electrons. The van der Waals surface area contributed by atoms with E-state index in [1.807, 2.05) is 6.92 Å². The van der Waals surface area contributed by atoms with Gasteiger partial charge in [0.2, 0.25) is 5.91 Å². The van der Waals surface area contributed by atoms with Gasteiger partial charge in [0, 0.05) is 18.5 Å². The molecule has 3 aromatic rings. The molecule has 0 saturated carbocycles. The smallest absolute Gasteiger partial charge is 0.266 e. The van der Waals surface area contributed by atoms with Crippen LogP contribution in [0.25, 0.3) is 0 Å². The van der Waals surface area contributed by atoms with Crippen LogP contribution in [0.15, 0.2) is 71.9 Å². The second-order valence-corrected chi connectivity index (χ2v) is 8.51. The number of aryl methyl sites for hydroxylation is 1. The van der Waals surface area contributed by atoms with Crippen molar-refractivity contribution in [1.82, 2.24) is 4.98 Å². The molecule has 0 spiro atoms. The van der Waals surface area contributed by atoms with Crippen molar-refractivity contribution >= 4 is 27.3 Å². The van der Waals surface area contributed by atoms with E-state index in [2.05, 4.69) is 10.3 Å². The van der Waals surface area contributed by atoms with Crippen LogP contribution < -0.4 is 19.1 Å². The fourth-order valence-corrected chi connectivity index (χ4v) is 4.26. The molecule has 9 heteroatoms. The molecule has 1 amide bonds. The average Bonchev–Trinajstić information content (AvgIpc) is 2.79. The third-order valence-electron chi connectivity index (χ3n) is 4.51. The summed E-state index contributed by atoms with van der Waals surface area (Å²) in [5, 5.41) is 2.71. The summed E-state index contributed by atoms with van der Waals surface area (Å²) >= 11 is 0. The van der Waals surface area contributed by atoms with Crippen LogP contribution in [0.1, 0.15) is 5.56 Å². The first-order valence-electron chi connectivity index (χ1n) is 9.36. The lowest BCUT2D eigenvalue weighted by atomic mass is 10.2. The van der Waals surface area contributed by atoms with Crippen molar-refractivity contribution in [2.24, 2.45) is 0 Å². The SMILES string of the molecule is COc1ccc(NC(=O)CN(c2ccc(C)cc2)S(=O)(=O)c2cccnc2)c(OC)c1. The lowest BCUT2D eigenvalue weighted by Gasteiger charge is -2.24. The molecular formula is C22H23N3O5S. The minimum atomic E-state index is -4.02. The quantitative estimate of drug-likeness (QED) is 0.576. The first-order chi connectivity index (χ1) is 14.8. The predicted octanol–water partition coefficient (Wildman–Crippen LogP) is 3.24. The number of anilines is 2. The normalized spacial score (nSPS) is 10.9. The number of amides is 1. The molecule has 1 aromatic heterocycles. The number of pyridine rings is 1. The second kappa shape index (κ2) is 9.48. The van der Waals surface area contributed by atoms with Crippen molar-refractivity contribution in [3.63, 3.8) is 0 Å². The number of methoxy groups -OCH3 is 2. The Morgan fingerprint density at radius 1 is 1.06 bits per heavy atom. The van der Waals surface area contributed by atoms with Gasteiger partial charge in [-0.25, -0.2) is 8.42 Å². The van der Waals surface area contributed by atoms with E-state index in [0.29, 0.717) is 22.9 Å². The van der Waals surface area contributed by atoms with Gasteiger partial charge in [-0.3, -0.25) is 14.1 Å². The number of hydrogen-bond acceptors (Lipinski definition) is 6. The molecule has 1 N–H and O–H groups in total. The Hall–Kier alpha value is -3.59. The van der Waals surface area contributed by atoms with E-state index in [9.17, 15) is 13.2 Å². The summed E-state index contributed by atoms with van der Waals surface area (Å²) in [6, 6.07) is 14.8. The van der Waals surface area contributed by atoms with Crippen LogP contribution >= 0.6 is 0 Å². The molecule has 1 heterocycles. The maximum Gasteiger partial charge on any atom is 0.266 e. The summed E-state index contributed by atoms with van der Waals surface area (Å²) < 4.78 is 38.1. The highest BCUT2D eigenvalue weighted by Gasteiger charge is 2.27. The summed E-state index contributed by atoms with van der Waals surface area (Å²) in [6.45, 7) is 1.46. The number of nitrogens with zero attached hydrogens (tertiary/aromatic N) is 2. The second-order valence-electron chi connectivity index (χ2n) is 6.65. The third kappa shape index (κ3) is 5.13. The molecule has 0 aliphatic heterocycles. The fraction of sp³-hybridized carbons (Fsp3) is 0.182. The number of rotatable bonds is 8. The number of sulfonamides is 1. The van der Waals surface area contributed by atoms with Crippen LogP contribution in [0.2, 0.25) is 0 Å². The molecule has 0 aliphatic carbocycles. The molecule has 3 rings (SSSR count). The van der Waals surface area contributed by atoms with Crippen LogP contribution in [0.5, 0.6) is 11.5 Å².